The highest BCUT2D eigenvalue weighted by Gasteiger charge is 2.34. The van der Waals surface area contributed by atoms with Gasteiger partial charge in [-0.1, -0.05) is 30.3 Å². The third kappa shape index (κ3) is 7.66. The number of nitrogens with zero attached hydrogens (tertiary/aromatic N) is 5. The number of aliphatic imine (C=N–C) groups is 1. The molecule has 2 fully saturated rings. The van der Waals surface area contributed by atoms with Gasteiger partial charge < -0.3 is 14.4 Å². The van der Waals surface area contributed by atoms with Crippen molar-refractivity contribution in [2.24, 2.45) is 16.8 Å². The van der Waals surface area contributed by atoms with Crippen molar-refractivity contribution in [1.29, 1.82) is 0 Å². The smallest absolute Gasteiger partial charge is 0.309 e. The SMILES string of the molecule is CCOC(=O)C1CCN(C2=NC(=O)C(=Cc3cn(-c4ccccc4)nc3-c3cccc(S(=O)(=O)N4CCC(C(=O)OCC)CC4)c3)S2)CC1. The van der Waals surface area contributed by atoms with E-state index in [2.05, 4.69) is 4.99 Å². The summed E-state index contributed by atoms with van der Waals surface area (Å²) in [6.45, 7) is 5.82. The number of esters is 2. The average molecular weight is 706 g/mol. The van der Waals surface area contributed by atoms with Crippen molar-refractivity contribution in [3.8, 4) is 16.9 Å². The minimum Gasteiger partial charge on any atom is -0.466 e. The third-order valence-corrected chi connectivity index (χ3v) is 11.8. The highest BCUT2D eigenvalue weighted by atomic mass is 32.2. The Morgan fingerprint density at radius 2 is 1.53 bits per heavy atom. The summed E-state index contributed by atoms with van der Waals surface area (Å²) >= 11 is 1.28. The first kappa shape index (κ1) is 34.6. The summed E-state index contributed by atoms with van der Waals surface area (Å²) in [5, 5.41) is 5.44. The number of amides is 1. The molecule has 0 spiro atoms. The molecule has 3 aromatic rings. The lowest BCUT2D eigenvalue weighted by Crippen LogP contribution is -2.40. The van der Waals surface area contributed by atoms with Crippen molar-refractivity contribution in [2.75, 3.05) is 39.4 Å². The van der Waals surface area contributed by atoms with Gasteiger partial charge in [0.05, 0.1) is 40.5 Å². The maximum Gasteiger partial charge on any atom is 0.309 e. The van der Waals surface area contributed by atoms with Gasteiger partial charge in [-0.15, -0.1) is 0 Å². The largest absolute Gasteiger partial charge is 0.466 e. The minimum atomic E-state index is -3.86. The molecular formula is C35H39N5O7S2. The molecule has 49 heavy (non-hydrogen) atoms. The first-order chi connectivity index (χ1) is 23.7. The van der Waals surface area contributed by atoms with Crippen molar-refractivity contribution in [2.45, 2.75) is 44.4 Å². The summed E-state index contributed by atoms with van der Waals surface area (Å²) in [5.41, 5.74) is 2.50. The van der Waals surface area contributed by atoms with E-state index in [-0.39, 0.29) is 47.7 Å². The Bertz CT molecular complexity index is 1870. The number of sulfonamides is 1. The summed E-state index contributed by atoms with van der Waals surface area (Å²) in [7, 11) is -3.86. The number of ether oxygens (including phenoxy) is 2. The molecule has 3 aliphatic heterocycles. The van der Waals surface area contributed by atoms with Crippen LogP contribution in [0.5, 0.6) is 0 Å². The van der Waals surface area contributed by atoms with Gasteiger partial charge in [0, 0.05) is 43.5 Å². The molecule has 0 unspecified atom stereocenters. The van der Waals surface area contributed by atoms with E-state index in [1.54, 1.807) is 48.9 Å². The molecule has 14 heteroatoms. The number of piperidine rings is 2. The fourth-order valence-electron chi connectivity index (χ4n) is 6.22. The van der Waals surface area contributed by atoms with E-state index >= 15 is 0 Å². The van der Waals surface area contributed by atoms with Crippen LogP contribution in [0.2, 0.25) is 0 Å². The van der Waals surface area contributed by atoms with E-state index in [1.165, 1.54) is 16.1 Å². The van der Waals surface area contributed by atoms with Crippen LogP contribution in [-0.2, 0) is 33.9 Å². The second-order valence-corrected chi connectivity index (χ2v) is 14.9. The van der Waals surface area contributed by atoms with Gasteiger partial charge in [-0.05, 0) is 81.6 Å². The Morgan fingerprint density at radius 1 is 0.898 bits per heavy atom. The second kappa shape index (κ2) is 15.1. The van der Waals surface area contributed by atoms with Crippen molar-refractivity contribution in [1.82, 2.24) is 19.0 Å². The van der Waals surface area contributed by atoms with Gasteiger partial charge in [0.15, 0.2) is 5.17 Å². The summed E-state index contributed by atoms with van der Waals surface area (Å²) < 4.78 is 41.0. The first-order valence-electron chi connectivity index (χ1n) is 16.5. The number of hydrogen-bond donors (Lipinski definition) is 0. The van der Waals surface area contributed by atoms with Crippen molar-refractivity contribution in [3.63, 3.8) is 0 Å². The fraction of sp³-hybridized carbons (Fsp3) is 0.400. The lowest BCUT2D eigenvalue weighted by Gasteiger charge is -2.31. The lowest BCUT2D eigenvalue weighted by molar-refractivity contribution is -0.150. The van der Waals surface area contributed by atoms with Crippen LogP contribution >= 0.6 is 11.8 Å². The van der Waals surface area contributed by atoms with E-state index in [0.717, 1.165) is 5.69 Å². The molecule has 258 valence electrons. The second-order valence-electron chi connectivity index (χ2n) is 12.0. The minimum absolute atomic E-state index is 0.121. The zero-order valence-corrected chi connectivity index (χ0v) is 29.1. The summed E-state index contributed by atoms with van der Waals surface area (Å²) in [6.07, 6.45) is 5.62. The molecular weight excluding hydrogens is 667 g/mol. The lowest BCUT2D eigenvalue weighted by atomic mass is 9.97. The molecule has 0 bridgehead atoms. The number of hydrogen-bond acceptors (Lipinski definition) is 10. The van der Waals surface area contributed by atoms with Crippen molar-refractivity contribution >= 4 is 50.9 Å². The van der Waals surface area contributed by atoms with Crippen LogP contribution in [-0.4, -0.2) is 89.8 Å². The number of aromatic nitrogens is 2. The number of thioether (sulfide) groups is 1. The molecule has 0 aliphatic carbocycles. The molecule has 4 heterocycles. The molecule has 0 N–H and O–H groups in total. The summed E-state index contributed by atoms with van der Waals surface area (Å²) in [4.78, 5) is 44.5. The van der Waals surface area contributed by atoms with Crippen LogP contribution in [0.25, 0.3) is 23.0 Å². The van der Waals surface area contributed by atoms with Crippen LogP contribution < -0.4 is 0 Å². The van der Waals surface area contributed by atoms with E-state index in [0.29, 0.717) is 78.9 Å². The average Bonchev–Trinajstić information content (AvgIpc) is 3.72. The quantitative estimate of drug-likeness (QED) is 0.226. The van der Waals surface area contributed by atoms with E-state index in [9.17, 15) is 22.8 Å². The molecule has 0 saturated carbocycles. The zero-order chi connectivity index (χ0) is 34.5. The Morgan fingerprint density at radius 3 is 2.16 bits per heavy atom. The van der Waals surface area contributed by atoms with Crippen molar-refractivity contribution in [3.05, 3.63) is 71.3 Å². The van der Waals surface area contributed by atoms with E-state index in [4.69, 9.17) is 14.6 Å². The summed E-state index contributed by atoms with van der Waals surface area (Å²) in [5.74, 6) is -1.30. The number of para-hydroxylation sites is 1. The standard InChI is InChI=1S/C35H39N5O7S2/c1-3-46-33(42)24-13-17-38(18-14-24)35-36-32(41)30(48-35)22-27-23-40(28-10-6-5-7-11-28)37-31(27)26-9-8-12-29(21-26)49(44,45)39-19-15-25(16-20-39)34(43)47-4-2/h5-12,21-25H,3-4,13-20H2,1-2H3. The van der Waals surface area contributed by atoms with Gasteiger partial charge in [0.1, 0.15) is 5.69 Å². The Labute approximate surface area is 290 Å². The monoisotopic (exact) mass is 705 g/mol. The summed E-state index contributed by atoms with van der Waals surface area (Å²) in [6, 6.07) is 16.2. The van der Waals surface area contributed by atoms with Crippen LogP contribution in [0, 0.1) is 11.8 Å². The van der Waals surface area contributed by atoms with Crippen LogP contribution in [0.4, 0.5) is 0 Å². The number of benzene rings is 2. The Kier molecular flexibility index (Phi) is 10.7. The molecule has 0 atom stereocenters. The third-order valence-electron chi connectivity index (χ3n) is 8.86. The number of carbonyl (C=O) groups is 3. The fourth-order valence-corrected chi connectivity index (χ4v) is 8.69. The molecule has 3 aliphatic rings. The maximum absolute atomic E-state index is 13.8. The highest BCUT2D eigenvalue weighted by Crippen LogP contribution is 2.35. The highest BCUT2D eigenvalue weighted by molar-refractivity contribution is 8.18. The van der Waals surface area contributed by atoms with Crippen LogP contribution in [0.1, 0.15) is 45.1 Å². The Hall–Kier alpha value is -4.27. The molecule has 0 radical (unpaired) electrons. The molecule has 2 aromatic carbocycles. The molecule has 12 nitrogen and oxygen atoms in total. The van der Waals surface area contributed by atoms with E-state index < -0.39 is 10.0 Å². The number of rotatable bonds is 9. The van der Waals surface area contributed by atoms with Crippen LogP contribution in [0.15, 0.2) is 75.6 Å². The molecule has 1 aromatic heterocycles. The molecule has 1 amide bonds. The van der Waals surface area contributed by atoms with Gasteiger partial charge in [-0.2, -0.15) is 14.4 Å². The number of likely N-dealkylation sites (tertiary alicyclic amines) is 1. The van der Waals surface area contributed by atoms with E-state index in [1.807, 2.05) is 41.4 Å². The van der Waals surface area contributed by atoms with Gasteiger partial charge in [0.25, 0.3) is 5.91 Å². The Balaban J connectivity index is 1.25. The molecule has 6 rings (SSSR count). The maximum atomic E-state index is 13.8. The zero-order valence-electron chi connectivity index (χ0n) is 27.5. The molecule has 2 saturated heterocycles. The van der Waals surface area contributed by atoms with Crippen molar-refractivity contribution < 1.29 is 32.3 Å². The van der Waals surface area contributed by atoms with Gasteiger partial charge in [-0.3, -0.25) is 14.4 Å². The van der Waals surface area contributed by atoms with Gasteiger partial charge in [0.2, 0.25) is 10.0 Å². The number of carbonyl (C=O) groups excluding carboxylic acids is 3. The normalized spacial score (nSPS) is 18.9. The number of amidine groups is 1. The van der Waals surface area contributed by atoms with Crippen LogP contribution in [0.3, 0.4) is 0 Å². The first-order valence-corrected chi connectivity index (χ1v) is 18.8. The van der Waals surface area contributed by atoms with Gasteiger partial charge in [-0.25, -0.2) is 13.1 Å². The topological polar surface area (TPSA) is 140 Å². The predicted octanol–water partition coefficient (Wildman–Crippen LogP) is 4.75. The van der Waals surface area contributed by atoms with Gasteiger partial charge >= 0.3 is 11.9 Å². The predicted molar refractivity (Wildman–Crippen MR) is 186 cm³/mol.